The van der Waals surface area contributed by atoms with Crippen molar-refractivity contribution in [1.29, 1.82) is 0 Å². The van der Waals surface area contributed by atoms with Crippen LogP contribution in [-0.4, -0.2) is 61.6 Å². The van der Waals surface area contributed by atoms with E-state index in [2.05, 4.69) is 19.5 Å². The molecule has 0 radical (unpaired) electrons. The Morgan fingerprint density at radius 1 is 1.06 bits per heavy atom. The van der Waals surface area contributed by atoms with Crippen molar-refractivity contribution in [3.8, 4) is 0 Å². The van der Waals surface area contributed by atoms with Crippen molar-refractivity contribution in [2.45, 2.75) is 50.0 Å². The summed E-state index contributed by atoms with van der Waals surface area (Å²) in [5, 5.41) is 9.40. The molecule has 32 heavy (non-hydrogen) atoms. The molecule has 1 aromatic carbocycles. The Hall–Kier alpha value is -2.65. The smallest absolute Gasteiger partial charge is 0.337 e. The van der Waals surface area contributed by atoms with E-state index in [0.29, 0.717) is 11.9 Å². The predicted octanol–water partition coefficient (Wildman–Crippen LogP) is 3.34. The number of hydrogen-bond donors (Lipinski definition) is 2. The van der Waals surface area contributed by atoms with Crippen LogP contribution in [0.2, 0.25) is 0 Å². The van der Waals surface area contributed by atoms with Gasteiger partial charge in [0.05, 0.1) is 16.1 Å². The Kier molecular flexibility index (Phi) is 6.66. The summed E-state index contributed by atoms with van der Waals surface area (Å²) < 4.78 is 28.5. The average molecular weight is 459 g/mol. The quantitative estimate of drug-likeness (QED) is 0.684. The van der Waals surface area contributed by atoms with Gasteiger partial charge >= 0.3 is 5.97 Å². The summed E-state index contributed by atoms with van der Waals surface area (Å²) in [6.07, 6.45) is 7.06. The van der Waals surface area contributed by atoms with Gasteiger partial charge in [0.15, 0.2) is 5.82 Å². The van der Waals surface area contributed by atoms with E-state index in [4.69, 9.17) is 0 Å². The van der Waals surface area contributed by atoms with Crippen LogP contribution in [0.15, 0.2) is 41.4 Å². The van der Waals surface area contributed by atoms with Gasteiger partial charge in [0.1, 0.15) is 0 Å². The number of aromatic carboxylic acids is 1. The molecule has 2 aliphatic rings. The summed E-state index contributed by atoms with van der Waals surface area (Å²) in [4.78, 5) is 20.6. The number of rotatable bonds is 6. The number of piperidine rings is 2. The number of likely N-dealkylation sites (tertiary alicyclic amines) is 1. The molecule has 0 atom stereocenters. The summed E-state index contributed by atoms with van der Waals surface area (Å²) in [6.45, 7) is 5.69. The van der Waals surface area contributed by atoms with Crippen molar-refractivity contribution < 1.29 is 18.3 Å². The van der Waals surface area contributed by atoms with Gasteiger partial charge in [0.2, 0.25) is 0 Å². The second kappa shape index (κ2) is 9.46. The summed E-state index contributed by atoms with van der Waals surface area (Å²) in [7, 11) is -3.88. The molecule has 3 heterocycles. The number of pyridine rings is 1. The van der Waals surface area contributed by atoms with Crippen LogP contribution in [0.4, 0.5) is 11.5 Å². The maximum absolute atomic E-state index is 13.0. The largest absolute Gasteiger partial charge is 0.478 e. The molecule has 0 aliphatic carbocycles. The lowest BCUT2D eigenvalue weighted by Gasteiger charge is -2.40. The molecule has 1 aromatic heterocycles. The minimum Gasteiger partial charge on any atom is -0.478 e. The van der Waals surface area contributed by atoms with E-state index < -0.39 is 16.0 Å². The molecular formula is C23H30N4O4S. The van der Waals surface area contributed by atoms with Gasteiger partial charge in [-0.25, -0.2) is 18.2 Å². The minimum atomic E-state index is -3.88. The number of nitrogens with one attached hydrogen (secondary N) is 1. The highest BCUT2D eigenvalue weighted by molar-refractivity contribution is 7.92. The van der Waals surface area contributed by atoms with Crippen molar-refractivity contribution in [2.24, 2.45) is 0 Å². The fourth-order valence-electron chi connectivity index (χ4n) is 4.55. The predicted molar refractivity (Wildman–Crippen MR) is 124 cm³/mol. The molecule has 0 unspecified atom stereocenters. The molecule has 0 bridgehead atoms. The molecular weight excluding hydrogens is 428 g/mol. The molecule has 9 heteroatoms. The lowest BCUT2D eigenvalue weighted by Crippen LogP contribution is -2.47. The number of carboxylic acid groups (broad SMARTS) is 1. The van der Waals surface area contributed by atoms with E-state index in [0.717, 1.165) is 44.6 Å². The van der Waals surface area contributed by atoms with Gasteiger partial charge in [-0.2, -0.15) is 0 Å². The number of aromatic nitrogens is 1. The highest BCUT2D eigenvalue weighted by atomic mass is 32.2. The van der Waals surface area contributed by atoms with Gasteiger partial charge in [0.25, 0.3) is 10.0 Å². The summed E-state index contributed by atoms with van der Waals surface area (Å²) in [5.74, 6) is -0.675. The number of aryl methyl sites for hydroxylation is 1. The maximum atomic E-state index is 13.0. The zero-order valence-corrected chi connectivity index (χ0v) is 19.1. The number of benzene rings is 1. The molecule has 2 aliphatic heterocycles. The Labute approximate surface area is 189 Å². The second-order valence-electron chi connectivity index (χ2n) is 8.63. The molecule has 2 saturated heterocycles. The van der Waals surface area contributed by atoms with E-state index in [1.54, 1.807) is 12.1 Å². The first kappa shape index (κ1) is 22.5. The lowest BCUT2D eigenvalue weighted by molar-refractivity contribution is 0.0696. The molecule has 0 saturated carbocycles. The van der Waals surface area contributed by atoms with Crippen LogP contribution in [-0.2, 0) is 10.0 Å². The SMILES string of the molecule is Cc1ccc(S(=O)(=O)Nc2cc(C(=O)O)cnc2N2CCC(N3CCCCC3)CC2)cc1. The van der Waals surface area contributed by atoms with E-state index in [1.807, 2.05) is 6.92 Å². The van der Waals surface area contributed by atoms with Gasteiger partial charge in [-0.1, -0.05) is 24.1 Å². The first-order valence-electron chi connectivity index (χ1n) is 11.2. The standard InChI is InChI=1S/C23H30N4O4S/c1-17-5-7-20(8-6-17)32(30,31)25-21-15-18(23(28)29)16-24-22(21)27-13-9-19(10-14-27)26-11-3-2-4-12-26/h5-8,15-16,19,25H,2-4,9-14H2,1H3,(H,28,29). The molecule has 4 rings (SSSR count). The Bertz CT molecular complexity index is 1060. The minimum absolute atomic E-state index is 0.0569. The maximum Gasteiger partial charge on any atom is 0.337 e. The molecule has 0 spiro atoms. The fourth-order valence-corrected chi connectivity index (χ4v) is 5.60. The van der Waals surface area contributed by atoms with Gasteiger partial charge in [0, 0.05) is 25.3 Å². The highest BCUT2D eigenvalue weighted by Gasteiger charge is 2.28. The third-order valence-corrected chi connectivity index (χ3v) is 7.74. The first-order valence-corrected chi connectivity index (χ1v) is 12.6. The van der Waals surface area contributed by atoms with Gasteiger partial charge in [-0.3, -0.25) is 4.72 Å². The monoisotopic (exact) mass is 458 g/mol. The number of anilines is 2. The van der Waals surface area contributed by atoms with Crippen LogP contribution in [0.5, 0.6) is 0 Å². The zero-order valence-electron chi connectivity index (χ0n) is 18.3. The van der Waals surface area contributed by atoms with Gasteiger partial charge < -0.3 is 14.9 Å². The second-order valence-corrected chi connectivity index (χ2v) is 10.3. The van der Waals surface area contributed by atoms with Crippen molar-refractivity contribution in [2.75, 3.05) is 35.8 Å². The molecule has 2 N–H and O–H groups in total. The van der Waals surface area contributed by atoms with Crippen LogP contribution < -0.4 is 9.62 Å². The van der Waals surface area contributed by atoms with Crippen molar-refractivity contribution in [3.05, 3.63) is 47.7 Å². The van der Waals surface area contributed by atoms with Crippen LogP contribution >= 0.6 is 0 Å². The number of carboxylic acids is 1. The van der Waals surface area contributed by atoms with E-state index in [1.165, 1.54) is 43.7 Å². The van der Waals surface area contributed by atoms with Crippen molar-refractivity contribution in [1.82, 2.24) is 9.88 Å². The summed E-state index contributed by atoms with van der Waals surface area (Å²) in [5.41, 5.74) is 1.09. The Morgan fingerprint density at radius 3 is 2.34 bits per heavy atom. The van der Waals surface area contributed by atoms with Crippen LogP contribution in [0.3, 0.4) is 0 Å². The molecule has 172 valence electrons. The van der Waals surface area contributed by atoms with E-state index >= 15 is 0 Å². The Balaban J connectivity index is 1.56. The van der Waals surface area contributed by atoms with Gasteiger partial charge in [-0.15, -0.1) is 0 Å². The Morgan fingerprint density at radius 2 is 1.72 bits per heavy atom. The van der Waals surface area contributed by atoms with E-state index in [9.17, 15) is 18.3 Å². The molecule has 8 nitrogen and oxygen atoms in total. The van der Waals surface area contributed by atoms with Crippen LogP contribution in [0.25, 0.3) is 0 Å². The molecule has 2 fully saturated rings. The van der Waals surface area contributed by atoms with Crippen LogP contribution in [0.1, 0.15) is 48.0 Å². The highest BCUT2D eigenvalue weighted by Crippen LogP contribution is 2.31. The topological polar surface area (TPSA) is 103 Å². The lowest BCUT2D eigenvalue weighted by atomic mass is 10.00. The third kappa shape index (κ3) is 5.05. The van der Waals surface area contributed by atoms with E-state index in [-0.39, 0.29) is 16.1 Å². The van der Waals surface area contributed by atoms with Crippen molar-refractivity contribution >= 4 is 27.5 Å². The van der Waals surface area contributed by atoms with Gasteiger partial charge in [-0.05, 0) is 63.9 Å². The molecule has 2 aromatic rings. The number of sulfonamides is 1. The van der Waals surface area contributed by atoms with Crippen LogP contribution in [0, 0.1) is 6.92 Å². The zero-order chi connectivity index (χ0) is 22.7. The summed E-state index contributed by atoms with van der Waals surface area (Å²) in [6, 6.07) is 8.43. The average Bonchev–Trinajstić information content (AvgIpc) is 2.80. The normalized spacial score (nSPS) is 18.5. The number of carbonyl (C=O) groups is 1. The fraction of sp³-hybridized carbons (Fsp3) is 0.478. The summed E-state index contributed by atoms with van der Waals surface area (Å²) >= 11 is 0. The first-order chi connectivity index (χ1) is 15.3. The number of hydrogen-bond acceptors (Lipinski definition) is 6. The number of nitrogens with zero attached hydrogens (tertiary/aromatic N) is 3. The molecule has 0 amide bonds. The van der Waals surface area contributed by atoms with Crippen molar-refractivity contribution in [3.63, 3.8) is 0 Å². The third-order valence-electron chi connectivity index (χ3n) is 6.36.